The van der Waals surface area contributed by atoms with E-state index in [0.717, 1.165) is 29.7 Å². The first-order chi connectivity index (χ1) is 21.5. The number of carbonyl (C=O) groups excluding carboxylic acids is 2. The van der Waals surface area contributed by atoms with Crippen LogP contribution in [0.2, 0.25) is 18.1 Å². The zero-order chi connectivity index (χ0) is 33.9. The van der Waals surface area contributed by atoms with Crippen LogP contribution in [0.25, 0.3) is 5.57 Å². The highest BCUT2D eigenvalue weighted by molar-refractivity contribution is 6.74. The largest absolute Gasteiger partial charge is 0.497 e. The predicted molar refractivity (Wildman–Crippen MR) is 181 cm³/mol. The lowest BCUT2D eigenvalue weighted by molar-refractivity contribution is -0.128. The summed E-state index contributed by atoms with van der Waals surface area (Å²) in [6, 6.07) is 12.3. The standard InChI is InChI=1S/C36H51FN2O6Si/c1-35(2,3)45-34(41)38-19-18-30(25-10-14-28(15-11-25)43-20-21-44-46(8,9)36(4,5)6)31(24-38)33(40)39(27-12-13-27)23-26-22-29(42-7)16-17-32(26)37/h10-11,14-17,22,27H,12-13,18-21,23-24H2,1-9H3. The van der Waals surface area contributed by atoms with E-state index in [1.807, 2.05) is 45.0 Å². The van der Waals surface area contributed by atoms with E-state index >= 15 is 0 Å². The van der Waals surface area contributed by atoms with Gasteiger partial charge < -0.3 is 28.4 Å². The van der Waals surface area contributed by atoms with E-state index in [0.29, 0.717) is 43.1 Å². The van der Waals surface area contributed by atoms with E-state index in [4.69, 9.17) is 18.6 Å². The summed E-state index contributed by atoms with van der Waals surface area (Å²) in [6.45, 7) is 18.2. The van der Waals surface area contributed by atoms with Gasteiger partial charge in [0.05, 0.1) is 20.3 Å². The van der Waals surface area contributed by atoms with Crippen LogP contribution in [0.5, 0.6) is 11.5 Å². The van der Waals surface area contributed by atoms with Gasteiger partial charge in [0.1, 0.15) is 29.5 Å². The van der Waals surface area contributed by atoms with Crippen molar-refractivity contribution in [3.05, 3.63) is 65.0 Å². The van der Waals surface area contributed by atoms with Gasteiger partial charge in [0.2, 0.25) is 0 Å². The SMILES string of the molecule is COc1ccc(F)c(CN(C(=O)C2=C(c3ccc(OCCO[Si](C)(C)C(C)(C)C)cc3)CCN(C(=O)OC(C)(C)C)C2)C2CC2)c1. The quantitative estimate of drug-likeness (QED) is 0.182. The summed E-state index contributed by atoms with van der Waals surface area (Å²) in [5, 5.41) is 0.133. The molecular weight excluding hydrogens is 603 g/mol. The molecule has 0 saturated heterocycles. The lowest BCUT2D eigenvalue weighted by Crippen LogP contribution is -2.44. The van der Waals surface area contributed by atoms with Gasteiger partial charge >= 0.3 is 6.09 Å². The van der Waals surface area contributed by atoms with Gasteiger partial charge in [-0.15, -0.1) is 0 Å². The van der Waals surface area contributed by atoms with Gasteiger partial charge in [0.15, 0.2) is 8.32 Å². The summed E-state index contributed by atoms with van der Waals surface area (Å²) < 4.78 is 38.1. The van der Waals surface area contributed by atoms with Gasteiger partial charge in [-0.1, -0.05) is 32.9 Å². The maximum Gasteiger partial charge on any atom is 0.410 e. The molecule has 2 amide bonds. The normalized spacial score (nSPS) is 15.9. The number of carbonyl (C=O) groups is 2. The van der Waals surface area contributed by atoms with E-state index in [1.165, 1.54) is 13.2 Å². The zero-order valence-electron chi connectivity index (χ0n) is 29.0. The molecule has 2 aromatic carbocycles. The molecule has 1 fully saturated rings. The monoisotopic (exact) mass is 654 g/mol. The summed E-state index contributed by atoms with van der Waals surface area (Å²) >= 11 is 0. The maximum atomic E-state index is 14.9. The third kappa shape index (κ3) is 9.12. The second-order valence-corrected chi connectivity index (χ2v) is 19.5. The zero-order valence-corrected chi connectivity index (χ0v) is 30.0. The van der Waals surface area contributed by atoms with Crippen LogP contribution in [0.4, 0.5) is 9.18 Å². The molecule has 0 spiro atoms. The van der Waals surface area contributed by atoms with Crippen LogP contribution in [0.3, 0.4) is 0 Å². The van der Waals surface area contributed by atoms with Crippen LogP contribution >= 0.6 is 0 Å². The van der Waals surface area contributed by atoms with Crippen LogP contribution in [-0.2, 0) is 20.5 Å². The molecule has 2 aromatic rings. The molecule has 46 heavy (non-hydrogen) atoms. The van der Waals surface area contributed by atoms with E-state index in [-0.39, 0.29) is 30.1 Å². The number of rotatable bonds is 11. The summed E-state index contributed by atoms with van der Waals surface area (Å²) in [5.74, 6) is 0.659. The highest BCUT2D eigenvalue weighted by atomic mass is 28.4. The number of methoxy groups -OCH3 is 1. The second kappa shape index (κ2) is 14.2. The molecule has 252 valence electrons. The molecule has 0 radical (unpaired) electrons. The van der Waals surface area contributed by atoms with Crippen molar-refractivity contribution in [2.75, 3.05) is 33.4 Å². The summed E-state index contributed by atoms with van der Waals surface area (Å²) in [4.78, 5) is 30.8. The Hall–Kier alpha value is -3.37. The maximum absolute atomic E-state index is 14.9. The van der Waals surface area contributed by atoms with Crippen LogP contribution in [0.15, 0.2) is 48.0 Å². The third-order valence-corrected chi connectivity index (χ3v) is 13.5. The molecule has 2 aliphatic rings. The molecule has 1 heterocycles. The molecule has 0 unspecified atom stereocenters. The van der Waals surface area contributed by atoms with Crippen LogP contribution < -0.4 is 9.47 Å². The van der Waals surface area contributed by atoms with Crippen molar-refractivity contribution >= 4 is 25.9 Å². The van der Waals surface area contributed by atoms with Crippen molar-refractivity contribution in [1.29, 1.82) is 0 Å². The molecule has 0 N–H and O–H groups in total. The number of nitrogens with zero attached hydrogens (tertiary/aromatic N) is 2. The smallest absolute Gasteiger partial charge is 0.410 e. The van der Waals surface area contributed by atoms with Gasteiger partial charge in [-0.05, 0) is 99.6 Å². The van der Waals surface area contributed by atoms with Gasteiger partial charge in [0.25, 0.3) is 5.91 Å². The summed E-state index contributed by atoms with van der Waals surface area (Å²) in [6.07, 6.45) is 1.71. The minimum Gasteiger partial charge on any atom is -0.497 e. The van der Waals surface area contributed by atoms with Crippen LogP contribution in [0, 0.1) is 5.82 Å². The van der Waals surface area contributed by atoms with Crippen LogP contribution in [-0.4, -0.2) is 75.2 Å². The first-order valence-electron chi connectivity index (χ1n) is 16.2. The molecule has 8 nitrogen and oxygen atoms in total. The number of hydrogen-bond donors (Lipinski definition) is 0. The lowest BCUT2D eigenvalue weighted by atomic mass is 9.92. The summed E-state index contributed by atoms with van der Waals surface area (Å²) in [5.41, 5.74) is 2.00. The second-order valence-electron chi connectivity index (χ2n) is 14.7. The number of ether oxygens (including phenoxy) is 3. The van der Waals surface area contributed by atoms with E-state index in [9.17, 15) is 14.0 Å². The van der Waals surface area contributed by atoms with E-state index in [1.54, 1.807) is 21.9 Å². The topological polar surface area (TPSA) is 77.5 Å². The van der Waals surface area contributed by atoms with Crippen molar-refractivity contribution < 1.29 is 32.6 Å². The molecule has 0 atom stereocenters. The minimum absolute atomic E-state index is 0.00747. The average molecular weight is 655 g/mol. The lowest BCUT2D eigenvalue weighted by Gasteiger charge is -2.36. The Kier molecular flexibility index (Phi) is 10.9. The minimum atomic E-state index is -1.85. The highest BCUT2D eigenvalue weighted by Gasteiger charge is 2.39. The summed E-state index contributed by atoms with van der Waals surface area (Å²) in [7, 11) is -0.320. The van der Waals surface area contributed by atoms with Gasteiger partial charge in [-0.2, -0.15) is 0 Å². The first-order valence-corrected chi connectivity index (χ1v) is 19.1. The van der Waals surface area contributed by atoms with Crippen molar-refractivity contribution in [1.82, 2.24) is 9.80 Å². The molecule has 1 aliphatic heterocycles. The van der Waals surface area contributed by atoms with E-state index < -0.39 is 25.8 Å². The van der Waals surface area contributed by atoms with Crippen molar-refractivity contribution in [2.24, 2.45) is 0 Å². The Labute approximate surface area is 275 Å². The highest BCUT2D eigenvalue weighted by Crippen LogP contribution is 2.37. The molecule has 1 saturated carbocycles. The Morgan fingerprint density at radius 2 is 1.63 bits per heavy atom. The van der Waals surface area contributed by atoms with Crippen molar-refractivity contribution in [2.45, 2.75) is 97.1 Å². The molecule has 0 bridgehead atoms. The van der Waals surface area contributed by atoms with Crippen molar-refractivity contribution in [3.8, 4) is 11.5 Å². The average Bonchev–Trinajstić information content (AvgIpc) is 3.83. The fourth-order valence-corrected chi connectivity index (χ4v) is 6.12. The van der Waals surface area contributed by atoms with E-state index in [2.05, 4.69) is 33.9 Å². The number of halogens is 1. The number of amides is 2. The number of hydrogen-bond acceptors (Lipinski definition) is 6. The van der Waals surface area contributed by atoms with Crippen LogP contribution in [0.1, 0.15) is 71.9 Å². The van der Waals surface area contributed by atoms with Gasteiger partial charge in [-0.25, -0.2) is 9.18 Å². The van der Waals surface area contributed by atoms with Gasteiger partial charge in [0, 0.05) is 30.3 Å². The molecule has 10 heteroatoms. The predicted octanol–water partition coefficient (Wildman–Crippen LogP) is 7.82. The Morgan fingerprint density at radius 1 is 0.978 bits per heavy atom. The molecule has 0 aromatic heterocycles. The fraction of sp³-hybridized carbons (Fsp3) is 0.556. The Morgan fingerprint density at radius 3 is 2.22 bits per heavy atom. The van der Waals surface area contributed by atoms with Crippen molar-refractivity contribution in [3.63, 3.8) is 0 Å². The number of benzene rings is 2. The van der Waals surface area contributed by atoms with Gasteiger partial charge in [-0.3, -0.25) is 4.79 Å². The first kappa shape index (κ1) is 35.5. The molecule has 1 aliphatic carbocycles. The fourth-order valence-electron chi connectivity index (χ4n) is 5.09. The third-order valence-electron chi connectivity index (χ3n) is 8.92. The Bertz CT molecular complexity index is 1420. The molecule has 4 rings (SSSR count). The Balaban J connectivity index is 1.58. The molecular formula is C36H51FN2O6Si.